The van der Waals surface area contributed by atoms with Gasteiger partial charge in [0, 0.05) is 6.07 Å². The van der Waals surface area contributed by atoms with E-state index in [1.54, 1.807) is 0 Å². The lowest BCUT2D eigenvalue weighted by Crippen LogP contribution is -2.16. The Morgan fingerprint density at radius 3 is 2.87 bits per heavy atom. The molecule has 0 aliphatic heterocycles. The number of halogens is 2. The minimum atomic E-state index is -1.59. The molecule has 1 N–H and O–H groups in total. The van der Waals surface area contributed by atoms with E-state index in [1.807, 2.05) is 0 Å². The molecular weight excluding hydrogens is 206 g/mol. The van der Waals surface area contributed by atoms with Gasteiger partial charge in [0.2, 0.25) is 0 Å². The molecule has 1 rings (SSSR count). The lowest BCUT2D eigenvalue weighted by atomic mass is 10.3. The van der Waals surface area contributed by atoms with Crippen LogP contribution in [0.25, 0.3) is 0 Å². The Balaban J connectivity index is 2.40. The van der Waals surface area contributed by atoms with Crippen molar-refractivity contribution in [1.29, 1.82) is 0 Å². The summed E-state index contributed by atoms with van der Waals surface area (Å²) in [5, 5.41) is 8.27. The van der Waals surface area contributed by atoms with Gasteiger partial charge in [-0.15, -0.1) is 0 Å². The van der Waals surface area contributed by atoms with Crippen LogP contribution in [0.15, 0.2) is 24.3 Å². The number of hydrogen-bond donors (Lipinski definition) is 1. The molecule has 1 aromatic carbocycles. The van der Waals surface area contributed by atoms with Crippen molar-refractivity contribution in [2.24, 2.45) is 0 Å². The van der Waals surface area contributed by atoms with Gasteiger partial charge in [0.05, 0.1) is 6.42 Å². The first kappa shape index (κ1) is 11.4. The van der Waals surface area contributed by atoms with Crippen molar-refractivity contribution in [2.45, 2.75) is 12.6 Å². The van der Waals surface area contributed by atoms with Crippen LogP contribution in [0, 0.1) is 5.82 Å². The Bertz CT molecular complexity index is 341. The molecule has 3 nitrogen and oxygen atoms in total. The summed E-state index contributed by atoms with van der Waals surface area (Å²) < 4.78 is 30.3. The van der Waals surface area contributed by atoms with E-state index in [9.17, 15) is 13.6 Å². The van der Waals surface area contributed by atoms with Gasteiger partial charge in [0.25, 0.3) is 0 Å². The van der Waals surface area contributed by atoms with Gasteiger partial charge in [-0.05, 0) is 12.1 Å². The van der Waals surface area contributed by atoms with E-state index in [1.165, 1.54) is 18.2 Å². The number of carboxylic acid groups (broad SMARTS) is 1. The van der Waals surface area contributed by atoms with Gasteiger partial charge in [0.1, 0.15) is 24.3 Å². The molecule has 0 aliphatic carbocycles. The molecule has 0 spiro atoms. The molecule has 0 saturated heterocycles. The van der Waals surface area contributed by atoms with Crippen LogP contribution in [0.2, 0.25) is 0 Å². The fraction of sp³-hybridized carbons (Fsp3) is 0.300. The van der Waals surface area contributed by atoms with Crippen LogP contribution in [0.3, 0.4) is 0 Å². The monoisotopic (exact) mass is 216 g/mol. The third-order valence-corrected chi connectivity index (χ3v) is 1.62. The minimum Gasteiger partial charge on any atom is -0.490 e. The zero-order chi connectivity index (χ0) is 11.3. The highest BCUT2D eigenvalue weighted by Crippen LogP contribution is 2.13. The molecule has 0 fully saturated rings. The lowest BCUT2D eigenvalue weighted by molar-refractivity contribution is -0.138. The summed E-state index contributed by atoms with van der Waals surface area (Å²) in [6, 6.07) is 5.23. The normalized spacial score (nSPS) is 12.1. The predicted molar refractivity (Wildman–Crippen MR) is 49.0 cm³/mol. The van der Waals surface area contributed by atoms with Gasteiger partial charge in [-0.25, -0.2) is 8.78 Å². The first-order chi connectivity index (χ1) is 7.08. The summed E-state index contributed by atoms with van der Waals surface area (Å²) in [4.78, 5) is 10.1. The largest absolute Gasteiger partial charge is 0.490 e. The molecule has 5 heteroatoms. The summed E-state index contributed by atoms with van der Waals surface area (Å²) in [5.74, 6) is -1.53. The van der Waals surface area contributed by atoms with Crippen molar-refractivity contribution in [3.8, 4) is 5.75 Å². The standard InChI is InChI=1S/C10H10F2O3/c11-7-2-1-3-9(4-7)15-6-8(12)5-10(13)14/h1-4,8H,5-6H2,(H,13,14). The SMILES string of the molecule is O=C(O)CC(F)COc1cccc(F)c1. The number of carbonyl (C=O) groups is 1. The average Bonchev–Trinajstić information content (AvgIpc) is 2.14. The van der Waals surface area contributed by atoms with Crippen LogP contribution < -0.4 is 4.74 Å². The molecule has 15 heavy (non-hydrogen) atoms. The predicted octanol–water partition coefficient (Wildman–Crippen LogP) is 2.02. The van der Waals surface area contributed by atoms with Gasteiger partial charge < -0.3 is 9.84 Å². The van der Waals surface area contributed by atoms with E-state index < -0.39 is 31.0 Å². The molecule has 0 amide bonds. The highest BCUT2D eigenvalue weighted by Gasteiger charge is 2.12. The van der Waals surface area contributed by atoms with Crippen molar-refractivity contribution in [2.75, 3.05) is 6.61 Å². The fourth-order valence-electron chi connectivity index (χ4n) is 0.992. The third kappa shape index (κ3) is 4.39. The van der Waals surface area contributed by atoms with Crippen LogP contribution in [0.5, 0.6) is 5.75 Å². The second kappa shape index (κ2) is 5.29. The van der Waals surface area contributed by atoms with Gasteiger partial charge in [-0.3, -0.25) is 4.79 Å². The Morgan fingerprint density at radius 2 is 2.27 bits per heavy atom. The molecule has 1 atom stereocenters. The van der Waals surface area contributed by atoms with Crippen LogP contribution in [-0.2, 0) is 4.79 Å². The van der Waals surface area contributed by atoms with Gasteiger partial charge in [-0.1, -0.05) is 6.07 Å². The summed E-state index contributed by atoms with van der Waals surface area (Å²) in [6.07, 6.45) is -2.21. The summed E-state index contributed by atoms with van der Waals surface area (Å²) in [6.45, 7) is -0.393. The third-order valence-electron chi connectivity index (χ3n) is 1.62. The van der Waals surface area contributed by atoms with Crippen LogP contribution in [0.1, 0.15) is 6.42 Å². The maximum absolute atomic E-state index is 12.8. The molecule has 0 bridgehead atoms. The molecule has 0 heterocycles. The minimum absolute atomic E-state index is 0.183. The number of rotatable bonds is 5. The number of ether oxygens (including phenoxy) is 1. The number of hydrogen-bond acceptors (Lipinski definition) is 2. The highest BCUT2D eigenvalue weighted by atomic mass is 19.1. The first-order valence-corrected chi connectivity index (χ1v) is 4.32. The second-order valence-electron chi connectivity index (χ2n) is 2.96. The lowest BCUT2D eigenvalue weighted by Gasteiger charge is -2.08. The van der Waals surface area contributed by atoms with Gasteiger partial charge in [-0.2, -0.15) is 0 Å². The van der Waals surface area contributed by atoms with E-state index in [0.717, 1.165) is 6.07 Å². The Hall–Kier alpha value is -1.65. The van der Waals surface area contributed by atoms with E-state index in [4.69, 9.17) is 9.84 Å². The molecule has 0 radical (unpaired) electrons. The van der Waals surface area contributed by atoms with Crippen LogP contribution in [0.4, 0.5) is 8.78 Å². The Kier molecular flexibility index (Phi) is 4.03. The summed E-state index contributed by atoms with van der Waals surface area (Å²) >= 11 is 0. The van der Waals surface area contributed by atoms with Crippen molar-refractivity contribution in [1.82, 2.24) is 0 Å². The summed E-state index contributed by atoms with van der Waals surface area (Å²) in [5.41, 5.74) is 0. The molecular formula is C10H10F2O3. The fourth-order valence-corrected chi connectivity index (χ4v) is 0.992. The molecule has 1 unspecified atom stereocenters. The second-order valence-corrected chi connectivity index (χ2v) is 2.96. The quantitative estimate of drug-likeness (QED) is 0.818. The Labute approximate surface area is 85.3 Å². The smallest absolute Gasteiger partial charge is 0.306 e. The number of aliphatic carboxylic acids is 1. The molecule has 0 aliphatic rings. The Morgan fingerprint density at radius 1 is 1.53 bits per heavy atom. The molecule has 0 aromatic heterocycles. The molecule has 82 valence electrons. The molecule has 1 aromatic rings. The van der Waals surface area contributed by atoms with Gasteiger partial charge in [0.15, 0.2) is 0 Å². The maximum atomic E-state index is 12.8. The van der Waals surface area contributed by atoms with E-state index >= 15 is 0 Å². The highest BCUT2D eigenvalue weighted by molar-refractivity contribution is 5.67. The van der Waals surface area contributed by atoms with Crippen LogP contribution in [-0.4, -0.2) is 23.9 Å². The zero-order valence-corrected chi connectivity index (χ0v) is 7.82. The van der Waals surface area contributed by atoms with Crippen molar-refractivity contribution in [3.05, 3.63) is 30.1 Å². The molecule has 0 saturated carbocycles. The number of alkyl halides is 1. The zero-order valence-electron chi connectivity index (χ0n) is 7.82. The van der Waals surface area contributed by atoms with E-state index in [-0.39, 0.29) is 5.75 Å². The first-order valence-electron chi connectivity index (χ1n) is 4.32. The van der Waals surface area contributed by atoms with Crippen LogP contribution >= 0.6 is 0 Å². The topological polar surface area (TPSA) is 46.5 Å². The van der Waals surface area contributed by atoms with Crippen molar-refractivity contribution in [3.63, 3.8) is 0 Å². The van der Waals surface area contributed by atoms with Gasteiger partial charge >= 0.3 is 5.97 Å². The number of benzene rings is 1. The van der Waals surface area contributed by atoms with E-state index in [2.05, 4.69) is 0 Å². The average molecular weight is 216 g/mol. The maximum Gasteiger partial charge on any atom is 0.306 e. The summed E-state index contributed by atoms with van der Waals surface area (Å²) in [7, 11) is 0. The van der Waals surface area contributed by atoms with E-state index in [0.29, 0.717) is 0 Å². The van der Waals surface area contributed by atoms with Crippen molar-refractivity contribution >= 4 is 5.97 Å². The number of carboxylic acids is 1. The van der Waals surface area contributed by atoms with Crippen molar-refractivity contribution < 1.29 is 23.4 Å².